The molecule has 0 amide bonds. The molecule has 13 heavy (non-hydrogen) atoms. The Hall–Kier alpha value is -0.870. The number of hydrogen-bond acceptors (Lipinski definition) is 4. The summed E-state index contributed by atoms with van der Waals surface area (Å²) in [7, 11) is 3.07. The van der Waals surface area contributed by atoms with E-state index in [1.807, 2.05) is 0 Å². The number of ether oxygens (including phenoxy) is 3. The van der Waals surface area contributed by atoms with Crippen molar-refractivity contribution >= 4 is 5.97 Å². The topological polar surface area (TPSA) is 44.8 Å². The van der Waals surface area contributed by atoms with Crippen LogP contribution in [0.1, 0.15) is 6.92 Å². The lowest BCUT2D eigenvalue weighted by Crippen LogP contribution is -2.40. The maximum absolute atomic E-state index is 10.9. The van der Waals surface area contributed by atoms with Crippen LogP contribution in [0, 0.1) is 0 Å². The molecule has 0 spiro atoms. The van der Waals surface area contributed by atoms with Crippen LogP contribution in [0.15, 0.2) is 12.7 Å². The van der Waals surface area contributed by atoms with E-state index in [0.29, 0.717) is 13.2 Å². The summed E-state index contributed by atoms with van der Waals surface area (Å²) in [6, 6.07) is 0. The van der Waals surface area contributed by atoms with Crippen LogP contribution < -0.4 is 0 Å². The summed E-state index contributed by atoms with van der Waals surface area (Å²) in [5, 5.41) is 0. The van der Waals surface area contributed by atoms with E-state index in [0.717, 1.165) is 6.08 Å². The molecule has 0 heterocycles. The molecule has 76 valence electrons. The molecule has 0 saturated carbocycles. The fraction of sp³-hybridized carbons (Fsp3) is 0.667. The van der Waals surface area contributed by atoms with E-state index in [4.69, 9.17) is 14.2 Å². The summed E-state index contributed by atoms with van der Waals surface area (Å²) in [6.07, 6.45) is 1.11. The van der Waals surface area contributed by atoms with Crippen LogP contribution in [0.25, 0.3) is 0 Å². The summed E-state index contributed by atoms with van der Waals surface area (Å²) in [5.74, 6) is -0.475. The van der Waals surface area contributed by atoms with Gasteiger partial charge in [-0.25, -0.2) is 4.79 Å². The van der Waals surface area contributed by atoms with Crippen molar-refractivity contribution in [2.75, 3.05) is 27.4 Å². The fourth-order valence-corrected chi connectivity index (χ4v) is 0.996. The van der Waals surface area contributed by atoms with Crippen LogP contribution in [0.3, 0.4) is 0 Å². The zero-order valence-corrected chi connectivity index (χ0v) is 8.33. The molecule has 0 radical (unpaired) electrons. The van der Waals surface area contributed by atoms with Crippen molar-refractivity contribution in [1.82, 2.24) is 0 Å². The van der Waals surface area contributed by atoms with Gasteiger partial charge in [0, 0.05) is 20.3 Å². The number of esters is 1. The molecule has 0 aromatic rings. The van der Waals surface area contributed by atoms with Gasteiger partial charge < -0.3 is 14.2 Å². The lowest BCUT2D eigenvalue weighted by atomic mass is 10.1. The molecule has 0 aliphatic heterocycles. The average molecular weight is 188 g/mol. The Morgan fingerprint density at radius 2 is 1.85 bits per heavy atom. The van der Waals surface area contributed by atoms with Crippen molar-refractivity contribution in [1.29, 1.82) is 0 Å². The number of rotatable bonds is 6. The minimum absolute atomic E-state index is 0.292. The van der Waals surface area contributed by atoms with Gasteiger partial charge in [0.05, 0.1) is 13.2 Å². The first-order valence-corrected chi connectivity index (χ1v) is 3.91. The number of carbonyl (C=O) groups is 1. The van der Waals surface area contributed by atoms with Gasteiger partial charge in [-0.15, -0.1) is 0 Å². The molecule has 0 aliphatic carbocycles. The Labute approximate surface area is 78.5 Å². The van der Waals surface area contributed by atoms with E-state index >= 15 is 0 Å². The number of methoxy groups -OCH3 is 2. The second-order valence-electron chi connectivity index (χ2n) is 2.94. The van der Waals surface area contributed by atoms with Crippen molar-refractivity contribution in [3.8, 4) is 0 Å². The molecule has 0 fully saturated rings. The summed E-state index contributed by atoms with van der Waals surface area (Å²) in [4.78, 5) is 10.9. The first-order valence-electron chi connectivity index (χ1n) is 3.91. The summed E-state index contributed by atoms with van der Waals surface area (Å²) in [5.41, 5.74) is -0.741. The van der Waals surface area contributed by atoms with Gasteiger partial charge in [-0.05, 0) is 6.92 Å². The van der Waals surface area contributed by atoms with E-state index in [-0.39, 0.29) is 0 Å². The van der Waals surface area contributed by atoms with Crippen LogP contribution in [0.4, 0.5) is 0 Å². The predicted molar refractivity (Wildman–Crippen MR) is 48.4 cm³/mol. The SMILES string of the molecule is C=CC(=O)OC(C)(COC)COC. The molecule has 0 aromatic heterocycles. The standard InChI is InChI=1S/C9H16O4/c1-5-8(10)13-9(2,6-11-3)7-12-4/h5H,1,6-7H2,2-4H3. The van der Waals surface area contributed by atoms with Gasteiger partial charge in [0.1, 0.15) is 0 Å². The van der Waals surface area contributed by atoms with E-state index in [9.17, 15) is 4.79 Å². The molecule has 0 bridgehead atoms. The predicted octanol–water partition coefficient (Wildman–Crippen LogP) is 0.767. The molecule has 0 rings (SSSR count). The molecule has 0 N–H and O–H groups in total. The van der Waals surface area contributed by atoms with Gasteiger partial charge in [-0.3, -0.25) is 0 Å². The molecule has 0 aliphatic rings. The lowest BCUT2D eigenvalue weighted by molar-refractivity contribution is -0.163. The lowest BCUT2D eigenvalue weighted by Gasteiger charge is -2.27. The van der Waals surface area contributed by atoms with E-state index < -0.39 is 11.6 Å². The third-order valence-corrected chi connectivity index (χ3v) is 1.41. The summed E-state index contributed by atoms with van der Waals surface area (Å²) >= 11 is 0. The van der Waals surface area contributed by atoms with Gasteiger partial charge in [0.2, 0.25) is 0 Å². The van der Waals surface area contributed by atoms with Gasteiger partial charge in [-0.2, -0.15) is 0 Å². The first-order chi connectivity index (χ1) is 6.08. The molecule has 0 saturated heterocycles. The second-order valence-corrected chi connectivity index (χ2v) is 2.94. The summed E-state index contributed by atoms with van der Waals surface area (Å²) < 4.78 is 14.9. The molecular weight excluding hydrogens is 172 g/mol. The maximum Gasteiger partial charge on any atom is 0.330 e. The highest BCUT2D eigenvalue weighted by Gasteiger charge is 2.28. The highest BCUT2D eigenvalue weighted by molar-refractivity contribution is 5.81. The van der Waals surface area contributed by atoms with Crippen molar-refractivity contribution in [2.24, 2.45) is 0 Å². The Kier molecular flexibility index (Phi) is 5.34. The molecule has 0 unspecified atom stereocenters. The normalized spacial score (nSPS) is 11.0. The number of hydrogen-bond donors (Lipinski definition) is 0. The Morgan fingerprint density at radius 3 is 2.15 bits per heavy atom. The van der Waals surface area contributed by atoms with Crippen molar-refractivity contribution < 1.29 is 19.0 Å². The minimum atomic E-state index is -0.741. The third kappa shape index (κ3) is 4.65. The van der Waals surface area contributed by atoms with Gasteiger partial charge in [-0.1, -0.05) is 6.58 Å². The van der Waals surface area contributed by atoms with Crippen molar-refractivity contribution in [3.63, 3.8) is 0 Å². The zero-order valence-electron chi connectivity index (χ0n) is 8.33. The summed E-state index contributed by atoms with van der Waals surface area (Å²) in [6.45, 7) is 5.63. The Bertz CT molecular complexity index is 170. The molecule has 4 heteroatoms. The molecular formula is C9H16O4. The fourth-order valence-electron chi connectivity index (χ4n) is 0.996. The van der Waals surface area contributed by atoms with Gasteiger partial charge in [0.25, 0.3) is 0 Å². The van der Waals surface area contributed by atoms with Gasteiger partial charge in [0.15, 0.2) is 5.60 Å². The second kappa shape index (κ2) is 5.72. The maximum atomic E-state index is 10.9. The highest BCUT2D eigenvalue weighted by Crippen LogP contribution is 2.11. The zero-order chi connectivity index (χ0) is 10.3. The van der Waals surface area contributed by atoms with E-state index in [1.165, 1.54) is 14.2 Å². The first kappa shape index (κ1) is 12.1. The Balaban J connectivity index is 4.21. The van der Waals surface area contributed by atoms with Crippen molar-refractivity contribution in [3.05, 3.63) is 12.7 Å². The number of carbonyl (C=O) groups excluding carboxylic acids is 1. The monoisotopic (exact) mass is 188 g/mol. The average Bonchev–Trinajstić information content (AvgIpc) is 2.04. The largest absolute Gasteiger partial charge is 0.451 e. The highest BCUT2D eigenvalue weighted by atomic mass is 16.6. The minimum Gasteiger partial charge on any atom is -0.451 e. The van der Waals surface area contributed by atoms with Crippen LogP contribution in [0.2, 0.25) is 0 Å². The van der Waals surface area contributed by atoms with Crippen LogP contribution in [-0.4, -0.2) is 39.0 Å². The van der Waals surface area contributed by atoms with E-state index in [1.54, 1.807) is 6.92 Å². The van der Waals surface area contributed by atoms with Crippen LogP contribution in [0.5, 0.6) is 0 Å². The van der Waals surface area contributed by atoms with Crippen LogP contribution >= 0.6 is 0 Å². The van der Waals surface area contributed by atoms with Gasteiger partial charge >= 0.3 is 5.97 Å². The molecule has 4 nitrogen and oxygen atoms in total. The van der Waals surface area contributed by atoms with Crippen LogP contribution in [-0.2, 0) is 19.0 Å². The smallest absolute Gasteiger partial charge is 0.330 e. The van der Waals surface area contributed by atoms with E-state index in [2.05, 4.69) is 6.58 Å². The quantitative estimate of drug-likeness (QED) is 0.456. The molecule has 0 aromatic carbocycles. The molecule has 0 atom stereocenters. The third-order valence-electron chi connectivity index (χ3n) is 1.41. The van der Waals surface area contributed by atoms with Crippen molar-refractivity contribution in [2.45, 2.75) is 12.5 Å². The Morgan fingerprint density at radius 1 is 1.38 bits per heavy atom.